The number of hydrogen-bond acceptors (Lipinski definition) is 0. The summed E-state index contributed by atoms with van der Waals surface area (Å²) in [5.74, 6) is 0. The molecule has 0 atom stereocenters. The molecule has 0 fully saturated rings. The Kier molecular flexibility index (Phi) is 13.1. The molecule has 0 N–H and O–H groups in total. The maximum absolute atomic E-state index is 4.93. The second-order valence-corrected chi connectivity index (χ2v) is 15.5. The van der Waals surface area contributed by atoms with Crippen LogP contribution in [-0.2, 0) is 31.7 Å². The topological polar surface area (TPSA) is 0 Å². The van der Waals surface area contributed by atoms with Crippen LogP contribution >= 0.6 is 17.0 Å². The van der Waals surface area contributed by atoms with Gasteiger partial charge in [-0.15, -0.1) is 69.1 Å². The van der Waals surface area contributed by atoms with Gasteiger partial charge in [-0.2, -0.15) is 12.1 Å². The average molecular weight is 591 g/mol. The summed E-state index contributed by atoms with van der Waals surface area (Å²) < 4.78 is 0. The van der Waals surface area contributed by atoms with Crippen LogP contribution in [0.5, 0.6) is 0 Å². The number of fused-ring (bicyclic) bond motifs is 2. The van der Waals surface area contributed by atoms with Gasteiger partial charge in [-0.05, 0) is 10.8 Å². The van der Waals surface area contributed by atoms with Crippen LogP contribution < -0.4 is 0 Å². The van der Waals surface area contributed by atoms with E-state index >= 15 is 0 Å². The quantitative estimate of drug-likeness (QED) is 0.141. The van der Waals surface area contributed by atoms with E-state index in [-0.39, 0.29) is 10.8 Å². The van der Waals surface area contributed by atoms with E-state index in [1.807, 2.05) is 0 Å². The average Bonchev–Trinajstić information content (AvgIpc) is 3.28. The van der Waals surface area contributed by atoms with Crippen LogP contribution in [0.2, 0.25) is 13.1 Å². The standard InChI is InChI=1S/2C14H17.C2H6Si.2ClH.Zr/c2*1-10-8-11-6-5-7-13(12(11)9-10)14(2,3)4;1-3-2;;;/h2*5-9H,1-4H3;1-2H3;2*1H;/q2*-1;;;;+4/p-2. The van der Waals surface area contributed by atoms with Crippen molar-refractivity contribution in [1.29, 1.82) is 0 Å². The molecule has 0 saturated carbocycles. The molecule has 4 aromatic carbocycles. The first-order chi connectivity index (χ1) is 15.8. The number of benzene rings is 2. The van der Waals surface area contributed by atoms with Crippen molar-refractivity contribution in [2.75, 3.05) is 0 Å². The van der Waals surface area contributed by atoms with Crippen LogP contribution in [0, 0.1) is 13.8 Å². The number of aryl methyl sites for hydroxylation is 2. The van der Waals surface area contributed by atoms with E-state index < -0.39 is 20.8 Å². The Hall–Kier alpha value is -0.660. The van der Waals surface area contributed by atoms with E-state index in [0.29, 0.717) is 0 Å². The van der Waals surface area contributed by atoms with Gasteiger partial charge in [0.15, 0.2) is 0 Å². The first kappa shape index (κ1) is 31.4. The maximum atomic E-state index is 4.93. The van der Waals surface area contributed by atoms with E-state index in [1.165, 1.54) is 43.8 Å². The van der Waals surface area contributed by atoms with Crippen molar-refractivity contribution in [1.82, 2.24) is 0 Å². The van der Waals surface area contributed by atoms with E-state index in [4.69, 9.17) is 17.0 Å². The molecule has 0 saturated heterocycles. The van der Waals surface area contributed by atoms with Crippen LogP contribution in [0.4, 0.5) is 0 Å². The van der Waals surface area contributed by atoms with Crippen molar-refractivity contribution in [3.63, 3.8) is 0 Å². The molecule has 0 aliphatic rings. The molecule has 0 heterocycles. The fourth-order valence-electron chi connectivity index (χ4n) is 4.08. The Labute approximate surface area is 229 Å². The molecule has 0 bridgehead atoms. The van der Waals surface area contributed by atoms with E-state index in [0.717, 1.165) is 9.52 Å². The predicted octanol–water partition coefficient (Wildman–Crippen LogP) is 10.5. The molecule has 0 amide bonds. The van der Waals surface area contributed by atoms with E-state index in [9.17, 15) is 0 Å². The van der Waals surface area contributed by atoms with Crippen LogP contribution in [0.3, 0.4) is 0 Å². The van der Waals surface area contributed by atoms with E-state index in [2.05, 4.69) is 129 Å². The first-order valence-corrected chi connectivity index (χ1v) is 20.0. The molecular formula is C30H40Cl2SiZr. The van der Waals surface area contributed by atoms with Crippen LogP contribution in [0.1, 0.15) is 63.8 Å². The summed E-state index contributed by atoms with van der Waals surface area (Å²) in [6, 6.07) is 22.3. The summed E-state index contributed by atoms with van der Waals surface area (Å²) in [5, 5.41) is 5.57. The van der Waals surface area contributed by atoms with E-state index in [1.54, 1.807) is 0 Å². The molecule has 0 unspecified atom stereocenters. The number of hydrogen-bond donors (Lipinski definition) is 0. The zero-order valence-corrected chi connectivity index (χ0v) is 27.5. The minimum atomic E-state index is -0.826. The SMILES string of the molecule is C[Si]C.Cc1cc2c(C(C)(C)C)cccc2[cH-]1.Cc1cc2c(C(C)(C)C)cccc2[cH-]1.[Cl][Zr+2][Cl]. The van der Waals surface area contributed by atoms with Gasteiger partial charge in [-0.25, -0.2) is 0 Å². The Balaban J connectivity index is 0.000000277. The third kappa shape index (κ3) is 9.42. The summed E-state index contributed by atoms with van der Waals surface area (Å²) in [6.07, 6.45) is 0. The molecule has 4 rings (SSSR count). The van der Waals surface area contributed by atoms with Gasteiger partial charge in [-0.1, -0.05) is 91.7 Å². The van der Waals surface area contributed by atoms with Gasteiger partial charge in [0.25, 0.3) is 0 Å². The molecule has 34 heavy (non-hydrogen) atoms. The first-order valence-electron chi connectivity index (χ1n) is 11.7. The Morgan fingerprint density at radius 2 is 0.971 bits per heavy atom. The van der Waals surface area contributed by atoms with Crippen LogP contribution in [0.25, 0.3) is 21.5 Å². The molecule has 0 aliphatic heterocycles. The number of rotatable bonds is 0. The van der Waals surface area contributed by atoms with Gasteiger partial charge in [0.1, 0.15) is 0 Å². The van der Waals surface area contributed by atoms with Crippen LogP contribution in [0.15, 0.2) is 60.7 Å². The zero-order chi connectivity index (χ0) is 26.1. The normalized spacial score (nSPS) is 10.9. The zero-order valence-electron chi connectivity index (χ0n) is 22.5. The predicted molar refractivity (Wildman–Crippen MR) is 155 cm³/mol. The van der Waals surface area contributed by atoms with Gasteiger partial charge in [0, 0.05) is 9.52 Å². The van der Waals surface area contributed by atoms with Crippen molar-refractivity contribution in [2.24, 2.45) is 0 Å². The van der Waals surface area contributed by atoms with Gasteiger partial charge in [-0.3, -0.25) is 0 Å². The summed E-state index contributed by atoms with van der Waals surface area (Å²) in [6.45, 7) is 22.2. The molecular weight excluding hydrogens is 551 g/mol. The third-order valence-electron chi connectivity index (χ3n) is 5.41. The molecule has 0 aliphatic carbocycles. The van der Waals surface area contributed by atoms with Crippen molar-refractivity contribution < 1.29 is 20.8 Å². The van der Waals surface area contributed by atoms with Gasteiger partial charge in [0.2, 0.25) is 0 Å². The summed E-state index contributed by atoms with van der Waals surface area (Å²) >= 11 is -0.826. The van der Waals surface area contributed by atoms with Gasteiger partial charge >= 0.3 is 37.9 Å². The van der Waals surface area contributed by atoms with Crippen molar-refractivity contribution in [3.05, 3.63) is 82.9 Å². The Bertz CT molecular complexity index is 1050. The number of halogens is 2. The molecule has 0 nitrogen and oxygen atoms in total. The molecule has 2 radical (unpaired) electrons. The summed E-state index contributed by atoms with van der Waals surface area (Å²) in [5.41, 5.74) is 6.08. The minimum absolute atomic E-state index is 0.236. The fourth-order valence-corrected chi connectivity index (χ4v) is 4.08. The van der Waals surface area contributed by atoms with Crippen molar-refractivity contribution in [3.8, 4) is 0 Å². The summed E-state index contributed by atoms with van der Waals surface area (Å²) in [4.78, 5) is 0. The van der Waals surface area contributed by atoms with Crippen molar-refractivity contribution in [2.45, 2.75) is 79.3 Å². The molecule has 0 aromatic heterocycles. The monoisotopic (exact) mass is 588 g/mol. The van der Waals surface area contributed by atoms with Gasteiger partial charge in [0.05, 0.1) is 0 Å². The molecule has 4 heteroatoms. The molecule has 4 aromatic rings. The Morgan fingerprint density at radius 1 is 0.676 bits per heavy atom. The second-order valence-electron chi connectivity index (χ2n) is 10.8. The molecule has 0 spiro atoms. The van der Waals surface area contributed by atoms with Crippen LogP contribution in [-0.4, -0.2) is 9.52 Å². The second kappa shape index (κ2) is 14.2. The third-order valence-corrected chi connectivity index (χ3v) is 5.41. The Morgan fingerprint density at radius 3 is 1.24 bits per heavy atom. The van der Waals surface area contributed by atoms with Crippen molar-refractivity contribution >= 4 is 48.1 Å². The fraction of sp³-hybridized carbons (Fsp3) is 0.400. The molecule has 182 valence electrons. The summed E-state index contributed by atoms with van der Waals surface area (Å²) in [7, 11) is 11.0. The van der Waals surface area contributed by atoms with Gasteiger partial charge < -0.3 is 0 Å².